The molecule has 14 heavy (non-hydrogen) atoms. The van der Waals surface area contributed by atoms with Crippen molar-refractivity contribution in [3.63, 3.8) is 0 Å². The molecule has 0 aliphatic heterocycles. The van der Waals surface area contributed by atoms with Crippen molar-refractivity contribution in [1.29, 1.82) is 0 Å². The quantitative estimate of drug-likeness (QED) is 0.527. The maximum atomic E-state index is 10.4. The van der Waals surface area contributed by atoms with Crippen molar-refractivity contribution >= 4 is 11.7 Å². The van der Waals surface area contributed by atoms with Crippen molar-refractivity contribution < 1.29 is 4.79 Å². The normalized spacial score (nSPS) is 19.4. The van der Waals surface area contributed by atoms with Crippen molar-refractivity contribution in [2.45, 2.75) is 45.4 Å². The summed E-state index contributed by atoms with van der Waals surface area (Å²) in [5.74, 6) is 0.752. The standard InChI is InChI=1S/C10H19N3O/c1-8(12-13-10(11)14)7-9-5-3-2-4-6-9/h9H,2-7H2,1H3,(H3,11,13,14). The van der Waals surface area contributed by atoms with Gasteiger partial charge in [-0.15, -0.1) is 0 Å². The maximum Gasteiger partial charge on any atom is 0.332 e. The Labute approximate surface area is 84.9 Å². The Morgan fingerprint density at radius 3 is 2.64 bits per heavy atom. The van der Waals surface area contributed by atoms with Gasteiger partial charge in [-0.3, -0.25) is 0 Å². The third-order valence-electron chi connectivity index (χ3n) is 2.67. The number of nitrogens with two attached hydrogens (primary N) is 1. The average molecular weight is 197 g/mol. The summed E-state index contributed by atoms with van der Waals surface area (Å²) >= 11 is 0. The molecule has 1 aliphatic carbocycles. The molecule has 80 valence electrons. The molecule has 0 aromatic rings. The van der Waals surface area contributed by atoms with Crippen molar-refractivity contribution in [3.05, 3.63) is 0 Å². The third kappa shape index (κ3) is 4.25. The Morgan fingerprint density at radius 1 is 1.43 bits per heavy atom. The van der Waals surface area contributed by atoms with E-state index in [4.69, 9.17) is 5.73 Å². The summed E-state index contributed by atoms with van der Waals surface area (Å²) in [6.07, 6.45) is 7.61. The first-order chi connectivity index (χ1) is 6.68. The summed E-state index contributed by atoms with van der Waals surface area (Å²) in [6, 6.07) is -0.590. The summed E-state index contributed by atoms with van der Waals surface area (Å²) in [5, 5.41) is 3.91. The van der Waals surface area contributed by atoms with Crippen LogP contribution < -0.4 is 11.2 Å². The topological polar surface area (TPSA) is 67.5 Å². The number of nitrogens with zero attached hydrogens (tertiary/aromatic N) is 1. The molecule has 0 saturated heterocycles. The van der Waals surface area contributed by atoms with E-state index in [0.717, 1.165) is 18.1 Å². The second-order valence-electron chi connectivity index (χ2n) is 4.03. The fourth-order valence-corrected chi connectivity index (χ4v) is 2.01. The van der Waals surface area contributed by atoms with E-state index >= 15 is 0 Å². The van der Waals surface area contributed by atoms with Gasteiger partial charge in [0.1, 0.15) is 0 Å². The third-order valence-corrected chi connectivity index (χ3v) is 2.67. The van der Waals surface area contributed by atoms with Crippen molar-refractivity contribution in [2.24, 2.45) is 16.8 Å². The molecule has 1 fully saturated rings. The van der Waals surface area contributed by atoms with E-state index in [0.29, 0.717) is 0 Å². The zero-order valence-electron chi connectivity index (χ0n) is 8.75. The van der Waals surface area contributed by atoms with Gasteiger partial charge >= 0.3 is 6.03 Å². The highest BCUT2D eigenvalue weighted by Gasteiger charge is 2.13. The summed E-state index contributed by atoms with van der Waals surface area (Å²) in [5.41, 5.74) is 8.15. The summed E-state index contributed by atoms with van der Waals surface area (Å²) in [7, 11) is 0. The van der Waals surface area contributed by atoms with Crippen LogP contribution in [0.3, 0.4) is 0 Å². The molecule has 0 spiro atoms. The van der Waals surface area contributed by atoms with E-state index in [1.807, 2.05) is 6.92 Å². The van der Waals surface area contributed by atoms with Crippen LogP contribution in [0.2, 0.25) is 0 Å². The SMILES string of the molecule is CC(CC1CCCCC1)=NNC(N)=O. The molecule has 0 aromatic carbocycles. The first kappa shape index (κ1) is 11.0. The average Bonchev–Trinajstić information content (AvgIpc) is 2.16. The fraction of sp³-hybridized carbons (Fsp3) is 0.800. The zero-order valence-corrected chi connectivity index (χ0v) is 8.75. The van der Waals surface area contributed by atoms with E-state index in [-0.39, 0.29) is 0 Å². The maximum absolute atomic E-state index is 10.4. The molecular weight excluding hydrogens is 178 g/mol. The Bertz CT molecular complexity index is 219. The van der Waals surface area contributed by atoms with Gasteiger partial charge < -0.3 is 5.73 Å². The van der Waals surface area contributed by atoms with Gasteiger partial charge in [-0.25, -0.2) is 10.2 Å². The summed E-state index contributed by atoms with van der Waals surface area (Å²) in [4.78, 5) is 10.4. The van der Waals surface area contributed by atoms with Crippen LogP contribution >= 0.6 is 0 Å². The summed E-state index contributed by atoms with van der Waals surface area (Å²) in [6.45, 7) is 1.94. The Balaban J connectivity index is 2.27. The van der Waals surface area contributed by atoms with Crippen LogP contribution in [0.25, 0.3) is 0 Å². The highest BCUT2D eigenvalue weighted by molar-refractivity contribution is 5.83. The molecule has 2 amide bonds. The minimum Gasteiger partial charge on any atom is -0.350 e. The largest absolute Gasteiger partial charge is 0.350 e. The lowest BCUT2D eigenvalue weighted by atomic mass is 9.86. The van der Waals surface area contributed by atoms with Crippen LogP contribution in [0.5, 0.6) is 0 Å². The molecule has 0 heterocycles. The van der Waals surface area contributed by atoms with Gasteiger partial charge in [0.05, 0.1) is 0 Å². The number of hydrogen-bond acceptors (Lipinski definition) is 2. The van der Waals surface area contributed by atoms with Crippen LogP contribution in [0.15, 0.2) is 5.10 Å². The molecule has 0 aromatic heterocycles. The number of primary amides is 1. The molecule has 1 saturated carbocycles. The van der Waals surface area contributed by atoms with Gasteiger partial charge in [0.15, 0.2) is 0 Å². The van der Waals surface area contributed by atoms with E-state index in [1.165, 1.54) is 32.1 Å². The Morgan fingerprint density at radius 2 is 2.07 bits per heavy atom. The van der Waals surface area contributed by atoms with Crippen LogP contribution in [-0.2, 0) is 0 Å². The zero-order chi connectivity index (χ0) is 10.4. The lowest BCUT2D eigenvalue weighted by Gasteiger charge is -2.20. The second kappa shape index (κ2) is 5.62. The smallest absolute Gasteiger partial charge is 0.332 e. The minimum atomic E-state index is -0.590. The first-order valence-corrected chi connectivity index (χ1v) is 5.27. The van der Waals surface area contributed by atoms with Crippen molar-refractivity contribution in [2.75, 3.05) is 0 Å². The van der Waals surface area contributed by atoms with E-state index in [2.05, 4.69) is 10.5 Å². The molecule has 0 atom stereocenters. The lowest BCUT2D eigenvalue weighted by Crippen LogP contribution is -2.25. The predicted molar refractivity (Wildman–Crippen MR) is 57.0 cm³/mol. The molecule has 0 unspecified atom stereocenters. The number of hydrogen-bond donors (Lipinski definition) is 2. The number of carbonyl (C=O) groups excluding carboxylic acids is 1. The first-order valence-electron chi connectivity index (χ1n) is 5.27. The number of nitrogens with one attached hydrogen (secondary N) is 1. The molecule has 0 bridgehead atoms. The van der Waals surface area contributed by atoms with E-state index < -0.39 is 6.03 Å². The van der Waals surface area contributed by atoms with Gasteiger partial charge in [0.25, 0.3) is 0 Å². The van der Waals surface area contributed by atoms with Crippen LogP contribution in [0, 0.1) is 5.92 Å². The number of rotatable bonds is 3. The number of amides is 2. The molecular formula is C10H19N3O. The number of urea groups is 1. The highest BCUT2D eigenvalue weighted by atomic mass is 16.2. The minimum absolute atomic E-state index is 0.590. The van der Waals surface area contributed by atoms with Gasteiger partial charge in [0, 0.05) is 5.71 Å². The van der Waals surface area contributed by atoms with E-state index in [9.17, 15) is 4.79 Å². The van der Waals surface area contributed by atoms with E-state index in [1.54, 1.807) is 0 Å². The summed E-state index contributed by atoms with van der Waals surface area (Å²) < 4.78 is 0. The van der Waals surface area contributed by atoms with Crippen LogP contribution in [-0.4, -0.2) is 11.7 Å². The van der Waals surface area contributed by atoms with Crippen LogP contribution in [0.1, 0.15) is 45.4 Å². The van der Waals surface area contributed by atoms with Gasteiger partial charge in [-0.2, -0.15) is 5.10 Å². The van der Waals surface area contributed by atoms with Gasteiger partial charge in [-0.1, -0.05) is 32.1 Å². The van der Waals surface area contributed by atoms with Crippen molar-refractivity contribution in [3.8, 4) is 0 Å². The van der Waals surface area contributed by atoms with Crippen LogP contribution in [0.4, 0.5) is 4.79 Å². The molecule has 4 heteroatoms. The fourth-order valence-electron chi connectivity index (χ4n) is 2.01. The monoisotopic (exact) mass is 197 g/mol. The number of hydrazone groups is 1. The second-order valence-corrected chi connectivity index (χ2v) is 4.03. The molecule has 1 aliphatic rings. The molecule has 3 N–H and O–H groups in total. The Kier molecular flexibility index (Phi) is 4.43. The molecule has 0 radical (unpaired) electrons. The lowest BCUT2D eigenvalue weighted by molar-refractivity contribution is 0.249. The molecule has 1 rings (SSSR count). The number of carbonyl (C=O) groups is 1. The Hall–Kier alpha value is -1.06. The molecule has 4 nitrogen and oxygen atoms in total. The van der Waals surface area contributed by atoms with Gasteiger partial charge in [-0.05, 0) is 19.3 Å². The van der Waals surface area contributed by atoms with Crippen molar-refractivity contribution in [1.82, 2.24) is 5.43 Å². The highest BCUT2D eigenvalue weighted by Crippen LogP contribution is 2.26. The predicted octanol–water partition coefficient (Wildman–Crippen LogP) is 2.00. The van der Waals surface area contributed by atoms with Gasteiger partial charge in [0.2, 0.25) is 0 Å².